The maximum absolute atomic E-state index is 12.1. The van der Waals surface area contributed by atoms with Crippen LogP contribution < -0.4 is 5.32 Å². The Balaban J connectivity index is 2.02. The second-order valence-corrected chi connectivity index (χ2v) is 6.66. The van der Waals surface area contributed by atoms with Gasteiger partial charge in [-0.05, 0) is 42.9 Å². The Morgan fingerprint density at radius 2 is 2.19 bits per heavy atom. The molecule has 21 heavy (non-hydrogen) atoms. The van der Waals surface area contributed by atoms with Crippen molar-refractivity contribution in [1.29, 1.82) is 0 Å². The fourth-order valence-electron chi connectivity index (χ4n) is 1.90. The fraction of sp³-hybridized carbons (Fsp3) is 0.333. The summed E-state index contributed by atoms with van der Waals surface area (Å²) in [6, 6.07) is 4.83. The van der Waals surface area contributed by atoms with Crippen molar-refractivity contribution in [3.05, 3.63) is 40.4 Å². The Morgan fingerprint density at radius 1 is 1.48 bits per heavy atom. The van der Waals surface area contributed by atoms with Gasteiger partial charge < -0.3 is 10.4 Å². The maximum atomic E-state index is 12.1. The van der Waals surface area contributed by atoms with Gasteiger partial charge in [0.15, 0.2) is 0 Å². The first kappa shape index (κ1) is 15.9. The van der Waals surface area contributed by atoms with Crippen LogP contribution in [0.25, 0.3) is 6.08 Å². The number of carbonyl (C=O) groups is 2. The largest absolute Gasteiger partial charge is 0.478 e. The SMILES string of the molecule is CSC1(CNC(=O)c2ccc(/C=C/C(=O)O)c(Cl)c2)CC1. The first-order valence-electron chi connectivity index (χ1n) is 6.50. The molecule has 112 valence electrons. The van der Waals surface area contributed by atoms with Crippen LogP contribution in [-0.4, -0.2) is 34.5 Å². The molecule has 0 saturated heterocycles. The number of rotatable bonds is 6. The summed E-state index contributed by atoms with van der Waals surface area (Å²) in [7, 11) is 0. The minimum Gasteiger partial charge on any atom is -0.478 e. The summed E-state index contributed by atoms with van der Waals surface area (Å²) in [6.07, 6.45) is 6.73. The molecule has 0 heterocycles. The molecule has 2 rings (SSSR count). The van der Waals surface area contributed by atoms with Gasteiger partial charge in [-0.3, -0.25) is 4.79 Å². The maximum Gasteiger partial charge on any atom is 0.328 e. The number of aliphatic carboxylic acids is 1. The quantitative estimate of drug-likeness (QED) is 0.789. The molecule has 1 aliphatic carbocycles. The standard InChI is InChI=1S/C15H16ClNO3S/c1-21-15(6-7-15)9-17-14(20)11-3-2-10(12(16)8-11)4-5-13(18)19/h2-5,8H,6-7,9H2,1H3,(H,17,20)(H,18,19)/b5-4+. The number of hydrogen-bond acceptors (Lipinski definition) is 3. The van der Waals surface area contributed by atoms with E-state index in [2.05, 4.69) is 11.6 Å². The molecule has 1 amide bonds. The van der Waals surface area contributed by atoms with Crippen LogP contribution in [0, 0.1) is 0 Å². The number of carboxylic acid groups (broad SMARTS) is 1. The molecule has 0 unspecified atom stereocenters. The fourth-order valence-corrected chi connectivity index (χ4v) is 2.87. The summed E-state index contributed by atoms with van der Waals surface area (Å²) in [5.41, 5.74) is 1.04. The second-order valence-electron chi connectivity index (χ2n) is 4.98. The van der Waals surface area contributed by atoms with E-state index in [1.165, 1.54) is 6.08 Å². The number of amides is 1. The van der Waals surface area contributed by atoms with Gasteiger partial charge in [-0.15, -0.1) is 0 Å². The zero-order chi connectivity index (χ0) is 15.5. The molecule has 1 saturated carbocycles. The van der Waals surface area contributed by atoms with Crippen molar-refractivity contribution in [2.75, 3.05) is 12.8 Å². The normalized spacial score (nSPS) is 15.9. The molecule has 0 bridgehead atoms. The molecule has 6 heteroatoms. The first-order valence-corrected chi connectivity index (χ1v) is 8.10. The van der Waals surface area contributed by atoms with Gasteiger partial charge in [0.05, 0.1) is 0 Å². The molecular weight excluding hydrogens is 310 g/mol. The van der Waals surface area contributed by atoms with Crippen LogP contribution in [0.3, 0.4) is 0 Å². The van der Waals surface area contributed by atoms with Crippen molar-refractivity contribution in [2.24, 2.45) is 0 Å². The Labute approximate surface area is 132 Å². The predicted octanol–water partition coefficient (Wildman–Crippen LogP) is 3.06. The molecule has 0 radical (unpaired) electrons. The van der Waals surface area contributed by atoms with Gasteiger partial charge in [0.1, 0.15) is 0 Å². The molecule has 1 aliphatic rings. The van der Waals surface area contributed by atoms with E-state index in [9.17, 15) is 9.59 Å². The molecule has 0 atom stereocenters. The van der Waals surface area contributed by atoms with Crippen LogP contribution in [0.5, 0.6) is 0 Å². The third kappa shape index (κ3) is 4.25. The minimum atomic E-state index is -1.04. The third-order valence-electron chi connectivity index (χ3n) is 3.48. The van der Waals surface area contributed by atoms with Gasteiger partial charge in [-0.25, -0.2) is 4.79 Å². The summed E-state index contributed by atoms with van der Waals surface area (Å²) >= 11 is 7.84. The van der Waals surface area contributed by atoms with Crippen molar-refractivity contribution in [2.45, 2.75) is 17.6 Å². The van der Waals surface area contributed by atoms with E-state index in [-0.39, 0.29) is 10.7 Å². The average Bonchev–Trinajstić information content (AvgIpc) is 3.24. The van der Waals surface area contributed by atoms with Crippen molar-refractivity contribution in [3.63, 3.8) is 0 Å². The Hall–Kier alpha value is -1.46. The summed E-state index contributed by atoms with van der Waals surface area (Å²) in [4.78, 5) is 22.6. The average molecular weight is 326 g/mol. The zero-order valence-corrected chi connectivity index (χ0v) is 13.1. The number of carboxylic acids is 1. The van der Waals surface area contributed by atoms with E-state index in [0.29, 0.717) is 22.7 Å². The van der Waals surface area contributed by atoms with Crippen LogP contribution >= 0.6 is 23.4 Å². The van der Waals surface area contributed by atoms with Crippen LogP contribution in [0.4, 0.5) is 0 Å². The summed E-state index contributed by atoms with van der Waals surface area (Å²) in [5.74, 6) is -1.20. The van der Waals surface area contributed by atoms with Crippen LogP contribution in [0.1, 0.15) is 28.8 Å². The number of hydrogen-bond donors (Lipinski definition) is 2. The van der Waals surface area contributed by atoms with E-state index in [0.717, 1.165) is 18.9 Å². The van der Waals surface area contributed by atoms with Crippen molar-refractivity contribution in [1.82, 2.24) is 5.32 Å². The molecule has 4 nitrogen and oxygen atoms in total. The summed E-state index contributed by atoms with van der Waals surface area (Å²) in [6.45, 7) is 0.658. The first-order chi connectivity index (χ1) is 9.96. The van der Waals surface area contributed by atoms with Gasteiger partial charge in [-0.1, -0.05) is 17.7 Å². The van der Waals surface area contributed by atoms with Crippen molar-refractivity contribution in [3.8, 4) is 0 Å². The monoisotopic (exact) mass is 325 g/mol. The molecule has 0 spiro atoms. The van der Waals surface area contributed by atoms with E-state index in [4.69, 9.17) is 16.7 Å². The van der Waals surface area contributed by atoms with E-state index < -0.39 is 5.97 Å². The molecule has 0 aliphatic heterocycles. The highest BCUT2D eigenvalue weighted by atomic mass is 35.5. The minimum absolute atomic E-state index is 0.161. The predicted molar refractivity (Wildman–Crippen MR) is 85.9 cm³/mol. The highest BCUT2D eigenvalue weighted by molar-refractivity contribution is 8.00. The molecular formula is C15H16ClNO3S. The summed E-state index contributed by atoms with van der Waals surface area (Å²) in [5, 5.41) is 11.9. The molecule has 1 aromatic carbocycles. The Morgan fingerprint density at radius 3 is 2.71 bits per heavy atom. The Bertz CT molecular complexity index is 597. The Kier molecular flexibility index (Phi) is 4.96. The lowest BCUT2D eigenvalue weighted by molar-refractivity contribution is -0.131. The van der Waals surface area contributed by atoms with Crippen LogP contribution in [-0.2, 0) is 4.79 Å². The molecule has 2 N–H and O–H groups in total. The third-order valence-corrected chi connectivity index (χ3v) is 5.23. The molecule has 0 aromatic heterocycles. The lowest BCUT2D eigenvalue weighted by atomic mass is 10.1. The number of carbonyl (C=O) groups excluding carboxylic acids is 1. The lowest BCUT2D eigenvalue weighted by Gasteiger charge is -2.13. The summed E-state index contributed by atoms with van der Waals surface area (Å²) < 4.78 is 0.212. The molecule has 1 aromatic rings. The van der Waals surface area contributed by atoms with E-state index >= 15 is 0 Å². The lowest BCUT2D eigenvalue weighted by Crippen LogP contribution is -2.31. The number of benzene rings is 1. The van der Waals surface area contributed by atoms with Gasteiger partial charge in [0.2, 0.25) is 0 Å². The topological polar surface area (TPSA) is 66.4 Å². The van der Waals surface area contributed by atoms with Gasteiger partial charge >= 0.3 is 5.97 Å². The number of nitrogens with one attached hydrogen (secondary N) is 1. The molecule has 1 fully saturated rings. The number of thioether (sulfide) groups is 1. The van der Waals surface area contributed by atoms with Gasteiger partial charge in [-0.2, -0.15) is 11.8 Å². The van der Waals surface area contributed by atoms with Crippen LogP contribution in [0.2, 0.25) is 5.02 Å². The second kappa shape index (κ2) is 6.54. The highest BCUT2D eigenvalue weighted by Gasteiger charge is 2.41. The highest BCUT2D eigenvalue weighted by Crippen LogP contribution is 2.46. The van der Waals surface area contributed by atoms with E-state index in [1.54, 1.807) is 30.0 Å². The van der Waals surface area contributed by atoms with Crippen LogP contribution in [0.15, 0.2) is 24.3 Å². The smallest absolute Gasteiger partial charge is 0.328 e. The van der Waals surface area contributed by atoms with E-state index in [1.807, 2.05) is 0 Å². The van der Waals surface area contributed by atoms with Gasteiger partial charge in [0.25, 0.3) is 5.91 Å². The zero-order valence-electron chi connectivity index (χ0n) is 11.6. The number of halogens is 1. The van der Waals surface area contributed by atoms with Crippen molar-refractivity contribution >= 4 is 41.3 Å². The van der Waals surface area contributed by atoms with Crippen molar-refractivity contribution < 1.29 is 14.7 Å². The van der Waals surface area contributed by atoms with Gasteiger partial charge in [0, 0.05) is 28.0 Å².